The van der Waals surface area contributed by atoms with Gasteiger partial charge in [0.2, 0.25) is 0 Å². The number of nitrogens with zero attached hydrogens (tertiary/aromatic N) is 2. The van der Waals surface area contributed by atoms with E-state index in [1.807, 2.05) is 0 Å². The van der Waals surface area contributed by atoms with Gasteiger partial charge in [-0.05, 0) is 62.5 Å². The zero-order chi connectivity index (χ0) is 14.7. The molecule has 0 amide bonds. The van der Waals surface area contributed by atoms with Gasteiger partial charge in [0.05, 0.1) is 0 Å². The van der Waals surface area contributed by atoms with Crippen LogP contribution >= 0.6 is 0 Å². The highest BCUT2D eigenvalue weighted by atomic mass is 15.2. The third-order valence-electron chi connectivity index (χ3n) is 4.78. The van der Waals surface area contributed by atoms with Gasteiger partial charge < -0.3 is 9.80 Å². The molecular weight excluding hydrogens is 244 g/mol. The summed E-state index contributed by atoms with van der Waals surface area (Å²) in [6, 6.07) is 7.53. The Morgan fingerprint density at radius 2 is 1.90 bits per heavy atom. The smallest absolute Gasteiger partial charge is 0.0401 e. The quantitative estimate of drug-likeness (QED) is 0.821. The van der Waals surface area contributed by atoms with Crippen molar-refractivity contribution >= 4 is 5.69 Å². The Balaban J connectivity index is 2.25. The molecule has 2 rings (SSSR count). The molecule has 2 nitrogen and oxygen atoms in total. The minimum absolute atomic E-state index is 0.607. The van der Waals surface area contributed by atoms with E-state index >= 15 is 0 Å². The average molecular weight is 274 g/mol. The van der Waals surface area contributed by atoms with Gasteiger partial charge >= 0.3 is 0 Å². The van der Waals surface area contributed by atoms with Crippen LogP contribution in [-0.4, -0.2) is 38.1 Å². The lowest BCUT2D eigenvalue weighted by atomic mass is 9.93. The maximum Gasteiger partial charge on any atom is 0.0401 e. The van der Waals surface area contributed by atoms with Crippen LogP contribution in [0.1, 0.15) is 50.7 Å². The minimum Gasteiger partial charge on any atom is -0.371 e. The first-order valence-corrected chi connectivity index (χ1v) is 8.07. The van der Waals surface area contributed by atoms with Crippen molar-refractivity contribution in [3.8, 4) is 0 Å². The molecule has 1 aromatic rings. The van der Waals surface area contributed by atoms with Crippen LogP contribution in [0.2, 0.25) is 0 Å². The van der Waals surface area contributed by atoms with E-state index in [9.17, 15) is 0 Å². The lowest BCUT2D eigenvalue weighted by molar-refractivity contribution is 0.252. The highest BCUT2D eigenvalue weighted by Crippen LogP contribution is 2.31. The first kappa shape index (κ1) is 15.4. The average Bonchev–Trinajstić information content (AvgIpc) is 2.46. The normalized spacial score (nSPS) is 17.7. The lowest BCUT2D eigenvalue weighted by Gasteiger charge is -2.37. The predicted octanol–water partition coefficient (Wildman–Crippen LogP) is 3.90. The molecule has 1 heterocycles. The largest absolute Gasteiger partial charge is 0.371 e. The molecule has 20 heavy (non-hydrogen) atoms. The molecule has 0 saturated carbocycles. The molecule has 0 spiro atoms. The minimum atomic E-state index is 0.607. The van der Waals surface area contributed by atoms with E-state index in [2.05, 4.69) is 62.9 Å². The van der Waals surface area contributed by atoms with E-state index in [-0.39, 0.29) is 0 Å². The summed E-state index contributed by atoms with van der Waals surface area (Å²) < 4.78 is 0. The molecule has 1 aliphatic heterocycles. The summed E-state index contributed by atoms with van der Waals surface area (Å²) in [4.78, 5) is 4.98. The molecule has 112 valence electrons. The van der Waals surface area contributed by atoms with Crippen LogP contribution in [0.4, 0.5) is 5.69 Å². The molecule has 0 atom stereocenters. The molecule has 0 N–H and O–H groups in total. The lowest BCUT2D eigenvalue weighted by Crippen LogP contribution is -2.42. The monoisotopic (exact) mass is 274 g/mol. The number of benzene rings is 1. The predicted molar refractivity (Wildman–Crippen MR) is 88.8 cm³/mol. The Morgan fingerprint density at radius 1 is 1.25 bits per heavy atom. The van der Waals surface area contributed by atoms with Crippen LogP contribution in [0, 0.1) is 0 Å². The van der Waals surface area contributed by atoms with Crippen molar-refractivity contribution in [2.45, 2.75) is 52.0 Å². The Hall–Kier alpha value is -1.02. The molecule has 1 aliphatic rings. The van der Waals surface area contributed by atoms with E-state index in [0.29, 0.717) is 12.0 Å². The molecule has 1 aromatic carbocycles. The van der Waals surface area contributed by atoms with Crippen LogP contribution in [0.15, 0.2) is 18.2 Å². The molecular formula is C18H30N2. The number of hydrogen-bond donors (Lipinski definition) is 0. The fourth-order valence-electron chi connectivity index (χ4n) is 3.43. The van der Waals surface area contributed by atoms with Crippen molar-refractivity contribution in [3.05, 3.63) is 29.3 Å². The second kappa shape index (κ2) is 6.62. The standard InChI is InChI=1S/C18H30N2/c1-6-16-17(14(2)3)8-7-9-18(16)20(5)15-10-12-19(4)13-11-15/h7-9,14-15H,6,10-13H2,1-5H3. The third-order valence-corrected chi connectivity index (χ3v) is 4.78. The van der Waals surface area contributed by atoms with Crippen molar-refractivity contribution < 1.29 is 0 Å². The van der Waals surface area contributed by atoms with E-state index in [1.54, 1.807) is 5.56 Å². The molecule has 0 bridgehead atoms. The van der Waals surface area contributed by atoms with Crippen molar-refractivity contribution in [1.29, 1.82) is 0 Å². The highest BCUT2D eigenvalue weighted by Gasteiger charge is 2.23. The van der Waals surface area contributed by atoms with E-state index in [0.717, 1.165) is 6.42 Å². The van der Waals surface area contributed by atoms with E-state index in [4.69, 9.17) is 0 Å². The fraction of sp³-hybridized carbons (Fsp3) is 0.667. The van der Waals surface area contributed by atoms with Gasteiger partial charge in [0.1, 0.15) is 0 Å². The van der Waals surface area contributed by atoms with Gasteiger partial charge in [0, 0.05) is 18.8 Å². The van der Waals surface area contributed by atoms with Crippen LogP contribution in [0.5, 0.6) is 0 Å². The first-order chi connectivity index (χ1) is 9.54. The van der Waals surface area contributed by atoms with Crippen molar-refractivity contribution in [1.82, 2.24) is 4.90 Å². The number of hydrogen-bond acceptors (Lipinski definition) is 2. The van der Waals surface area contributed by atoms with E-state index < -0.39 is 0 Å². The van der Waals surface area contributed by atoms with Crippen LogP contribution < -0.4 is 4.90 Å². The zero-order valence-electron chi connectivity index (χ0n) is 13.8. The van der Waals surface area contributed by atoms with Crippen LogP contribution in [0.25, 0.3) is 0 Å². The summed E-state index contributed by atoms with van der Waals surface area (Å²) in [6.07, 6.45) is 3.69. The highest BCUT2D eigenvalue weighted by molar-refractivity contribution is 5.58. The SMILES string of the molecule is CCc1c(C(C)C)cccc1N(C)C1CCN(C)CC1. The molecule has 0 unspecified atom stereocenters. The maximum atomic E-state index is 2.54. The zero-order valence-corrected chi connectivity index (χ0v) is 13.8. The molecule has 1 fully saturated rings. The topological polar surface area (TPSA) is 6.48 Å². The van der Waals surface area contributed by atoms with Gasteiger partial charge in [0.25, 0.3) is 0 Å². The van der Waals surface area contributed by atoms with Gasteiger partial charge in [-0.15, -0.1) is 0 Å². The summed E-state index contributed by atoms with van der Waals surface area (Å²) in [6.45, 7) is 9.33. The molecule has 0 radical (unpaired) electrons. The summed E-state index contributed by atoms with van der Waals surface area (Å²) in [5, 5.41) is 0. The molecule has 2 heteroatoms. The van der Waals surface area contributed by atoms with Crippen molar-refractivity contribution in [3.63, 3.8) is 0 Å². The molecule has 0 aliphatic carbocycles. The van der Waals surface area contributed by atoms with Crippen molar-refractivity contribution in [2.75, 3.05) is 32.1 Å². The summed E-state index contributed by atoms with van der Waals surface area (Å²) in [5.74, 6) is 0.607. The number of anilines is 1. The van der Waals surface area contributed by atoms with Gasteiger partial charge in [-0.2, -0.15) is 0 Å². The second-order valence-corrected chi connectivity index (χ2v) is 6.50. The Kier molecular flexibility index (Phi) is 5.09. The second-order valence-electron chi connectivity index (χ2n) is 6.50. The van der Waals surface area contributed by atoms with E-state index in [1.165, 1.54) is 37.2 Å². The van der Waals surface area contributed by atoms with Gasteiger partial charge in [-0.1, -0.05) is 32.9 Å². The summed E-state index contributed by atoms with van der Waals surface area (Å²) in [5.41, 5.74) is 4.52. The number of rotatable bonds is 4. The molecule has 1 saturated heterocycles. The van der Waals surface area contributed by atoms with Crippen molar-refractivity contribution in [2.24, 2.45) is 0 Å². The van der Waals surface area contributed by atoms with Gasteiger partial charge in [0.15, 0.2) is 0 Å². The first-order valence-electron chi connectivity index (χ1n) is 8.07. The summed E-state index contributed by atoms with van der Waals surface area (Å²) in [7, 11) is 4.52. The van der Waals surface area contributed by atoms with Gasteiger partial charge in [-0.25, -0.2) is 0 Å². The maximum absolute atomic E-state index is 2.54. The summed E-state index contributed by atoms with van der Waals surface area (Å²) >= 11 is 0. The Labute approximate surface area is 124 Å². The molecule has 0 aromatic heterocycles. The third kappa shape index (κ3) is 3.17. The number of likely N-dealkylation sites (tertiary alicyclic amines) is 1. The van der Waals surface area contributed by atoms with Crippen LogP contribution in [-0.2, 0) is 6.42 Å². The number of piperidine rings is 1. The Morgan fingerprint density at radius 3 is 2.45 bits per heavy atom. The Bertz CT molecular complexity index is 431. The van der Waals surface area contributed by atoms with Gasteiger partial charge in [-0.3, -0.25) is 0 Å². The fourth-order valence-corrected chi connectivity index (χ4v) is 3.43. The van der Waals surface area contributed by atoms with Crippen LogP contribution in [0.3, 0.4) is 0 Å².